The first kappa shape index (κ1) is 37.1. The number of esters is 1. The van der Waals surface area contributed by atoms with Crippen LogP contribution in [0.25, 0.3) is 0 Å². The van der Waals surface area contributed by atoms with Crippen molar-refractivity contribution in [2.24, 2.45) is 15.9 Å². The molecule has 0 bridgehead atoms. The predicted octanol–water partition coefficient (Wildman–Crippen LogP) is 8.53. The van der Waals surface area contributed by atoms with Crippen LogP contribution < -0.4 is 0 Å². The van der Waals surface area contributed by atoms with Gasteiger partial charge in [-0.1, -0.05) is 61.4 Å². The van der Waals surface area contributed by atoms with Crippen molar-refractivity contribution in [1.82, 2.24) is 9.97 Å². The molecule has 230 valence electrons. The number of nitrogens with zero attached hydrogens (tertiary/aromatic N) is 4. The molecule has 4 aromatic rings. The molecule has 0 aliphatic heterocycles. The largest absolute Gasteiger partial charge is 0.469 e. The van der Waals surface area contributed by atoms with Crippen molar-refractivity contribution in [3.05, 3.63) is 125 Å². The first-order valence-electron chi connectivity index (χ1n) is 13.8. The molecule has 0 atom stereocenters. The summed E-state index contributed by atoms with van der Waals surface area (Å²) < 4.78 is 4.37. The minimum Gasteiger partial charge on any atom is -0.469 e. The number of rotatable bonds is 6. The number of aliphatic imine (C=N–C) groups is 2. The van der Waals surface area contributed by atoms with Crippen LogP contribution in [0.4, 0.5) is 11.4 Å². The Morgan fingerprint density at radius 3 is 1.26 bits per heavy atom. The molecule has 0 fully saturated rings. The number of aryl methyl sites for hydroxylation is 6. The van der Waals surface area contributed by atoms with Gasteiger partial charge in [0, 0.05) is 28.9 Å². The summed E-state index contributed by atoms with van der Waals surface area (Å²) in [5, 5.41) is 0. The van der Waals surface area contributed by atoms with E-state index in [2.05, 4.69) is 80.5 Å². The molecule has 0 radical (unpaired) electrons. The normalized spacial score (nSPS) is 11.1. The summed E-state index contributed by atoms with van der Waals surface area (Å²) in [5.74, 6) is -0.148. The molecule has 0 aliphatic rings. The second-order valence-electron chi connectivity index (χ2n) is 10.5. The van der Waals surface area contributed by atoms with Crippen LogP contribution in [0.2, 0.25) is 0 Å². The molecule has 43 heavy (non-hydrogen) atoms. The van der Waals surface area contributed by atoms with E-state index in [0.717, 1.165) is 45.0 Å². The number of carbonyl (C=O) groups excluding carboxylic acids is 1. The smallest absolute Gasteiger partial charge is 0.308 e. The van der Waals surface area contributed by atoms with Crippen molar-refractivity contribution in [2.75, 3.05) is 7.11 Å². The predicted molar refractivity (Wildman–Crippen MR) is 175 cm³/mol. The molecule has 0 N–H and O–H groups in total. The van der Waals surface area contributed by atoms with Crippen LogP contribution in [0, 0.1) is 54.9 Å². The molecule has 0 aliphatic carbocycles. The average Bonchev–Trinajstić information content (AvgIpc) is 2.93. The Kier molecular flexibility index (Phi) is 14.9. The van der Waals surface area contributed by atoms with E-state index in [1.54, 1.807) is 26.2 Å². The van der Waals surface area contributed by atoms with Gasteiger partial charge in [-0.05, 0) is 88.1 Å². The number of ether oxygens (including phenoxy) is 1. The van der Waals surface area contributed by atoms with Crippen molar-refractivity contribution in [3.8, 4) is 0 Å². The number of pyridine rings is 2. The van der Waals surface area contributed by atoms with Crippen molar-refractivity contribution in [2.45, 2.75) is 55.4 Å². The molecule has 0 spiro atoms. The van der Waals surface area contributed by atoms with Crippen LogP contribution >= 0.6 is 0 Å². The van der Waals surface area contributed by atoms with Gasteiger partial charge in [-0.2, -0.15) is 0 Å². The first-order chi connectivity index (χ1) is 19.5. The number of hydrogen-bond acceptors (Lipinski definition) is 6. The Bertz CT molecular complexity index is 1410. The van der Waals surface area contributed by atoms with Crippen molar-refractivity contribution < 1.29 is 26.0 Å². The zero-order chi connectivity index (χ0) is 30.1. The molecule has 4 rings (SSSR count). The standard InChI is InChI=1S/C30H30N4.C5H10O2.CH3.Ni/c1-19-15-21(3)27(22(4)16-19)33-29(25-11-7-9-13-31-25)30(26-12-8-10-14-32-26)34-28-23(5)17-20(2)18-24(28)6;1-4(2)5(6)7-3;;/h7-18H,1-6H3;4H,1-3H3;1H3;/q;;-1;. The van der Waals surface area contributed by atoms with Gasteiger partial charge in [-0.25, -0.2) is 9.98 Å². The summed E-state index contributed by atoms with van der Waals surface area (Å²) in [6, 6.07) is 20.4. The van der Waals surface area contributed by atoms with E-state index in [1.807, 2.05) is 36.4 Å². The zero-order valence-electron chi connectivity index (χ0n) is 26.9. The Labute approximate surface area is 267 Å². The Morgan fingerprint density at radius 2 is 1.02 bits per heavy atom. The quantitative estimate of drug-likeness (QED) is 0.0935. The summed E-state index contributed by atoms with van der Waals surface area (Å²) in [7, 11) is 1.39. The molecule has 0 saturated heterocycles. The molecule has 7 heteroatoms. The first-order valence-corrected chi connectivity index (χ1v) is 13.8. The van der Waals surface area contributed by atoms with E-state index in [-0.39, 0.29) is 35.8 Å². The molecule has 0 saturated carbocycles. The number of hydrogen-bond donors (Lipinski definition) is 0. The van der Waals surface area contributed by atoms with Gasteiger partial charge in [-0.3, -0.25) is 14.8 Å². The maximum Gasteiger partial charge on any atom is 0.308 e. The van der Waals surface area contributed by atoms with E-state index in [0.29, 0.717) is 11.4 Å². The molecule has 2 heterocycles. The van der Waals surface area contributed by atoms with Gasteiger partial charge in [0.25, 0.3) is 0 Å². The zero-order valence-corrected chi connectivity index (χ0v) is 27.9. The van der Waals surface area contributed by atoms with Crippen LogP contribution in [-0.4, -0.2) is 34.5 Å². The molecule has 0 amide bonds. The van der Waals surface area contributed by atoms with Crippen LogP contribution in [0.3, 0.4) is 0 Å². The summed E-state index contributed by atoms with van der Waals surface area (Å²) in [4.78, 5) is 30.0. The summed E-state index contributed by atoms with van der Waals surface area (Å²) in [6.07, 6.45) is 3.58. The Hall–Kier alpha value is -3.96. The maximum atomic E-state index is 10.3. The van der Waals surface area contributed by atoms with Crippen molar-refractivity contribution >= 4 is 28.8 Å². The average molecular weight is 622 g/mol. The third kappa shape index (κ3) is 10.1. The SMILES string of the molecule is COC(=O)C(C)C.Cc1cc(C)c(N=C(C(=Nc2c(C)cc(C)cc2C)c2ccccn2)c2ccccn2)c(C)c1.[CH3-].[Ni]. The molecule has 2 aromatic carbocycles. The fraction of sp³-hybridized carbons (Fsp3) is 0.278. The number of aromatic nitrogens is 2. The van der Waals surface area contributed by atoms with Crippen LogP contribution in [0.1, 0.15) is 58.6 Å². The van der Waals surface area contributed by atoms with Crippen LogP contribution in [0.15, 0.2) is 83.0 Å². The minimum absolute atomic E-state index is 0. The van der Waals surface area contributed by atoms with Gasteiger partial charge < -0.3 is 12.2 Å². The monoisotopic (exact) mass is 621 g/mol. The minimum atomic E-state index is -0.153. The maximum absolute atomic E-state index is 10.3. The van der Waals surface area contributed by atoms with Gasteiger partial charge >= 0.3 is 5.97 Å². The Balaban J connectivity index is 0.000000920. The van der Waals surface area contributed by atoms with Gasteiger partial charge in [0.05, 0.1) is 35.8 Å². The second-order valence-corrected chi connectivity index (χ2v) is 10.5. The molecule has 0 unspecified atom stereocenters. The van der Waals surface area contributed by atoms with Crippen LogP contribution in [-0.2, 0) is 26.0 Å². The van der Waals surface area contributed by atoms with Crippen LogP contribution in [0.5, 0.6) is 0 Å². The van der Waals surface area contributed by atoms with E-state index >= 15 is 0 Å². The third-order valence-corrected chi connectivity index (χ3v) is 6.43. The van der Waals surface area contributed by atoms with E-state index in [4.69, 9.17) is 9.98 Å². The summed E-state index contributed by atoms with van der Waals surface area (Å²) >= 11 is 0. The second kappa shape index (κ2) is 17.2. The fourth-order valence-corrected chi connectivity index (χ4v) is 4.63. The van der Waals surface area contributed by atoms with Gasteiger partial charge in [0.2, 0.25) is 0 Å². The van der Waals surface area contributed by atoms with Crippen molar-refractivity contribution in [3.63, 3.8) is 0 Å². The van der Waals surface area contributed by atoms with E-state index in [1.165, 1.54) is 18.2 Å². The molecule has 6 nitrogen and oxygen atoms in total. The Morgan fingerprint density at radius 1 is 0.674 bits per heavy atom. The summed E-state index contributed by atoms with van der Waals surface area (Å²) in [6.45, 7) is 16.2. The third-order valence-electron chi connectivity index (χ3n) is 6.43. The molecular formula is C36H43N4NiO2-. The van der Waals surface area contributed by atoms with Gasteiger partial charge in [0.1, 0.15) is 11.4 Å². The molecule has 2 aromatic heterocycles. The van der Waals surface area contributed by atoms with Gasteiger partial charge in [0.15, 0.2) is 0 Å². The number of carbonyl (C=O) groups is 1. The number of benzene rings is 2. The molecular weight excluding hydrogens is 579 g/mol. The van der Waals surface area contributed by atoms with Crippen molar-refractivity contribution in [1.29, 1.82) is 0 Å². The van der Waals surface area contributed by atoms with E-state index in [9.17, 15) is 4.79 Å². The topological polar surface area (TPSA) is 76.8 Å². The van der Waals surface area contributed by atoms with E-state index < -0.39 is 0 Å². The number of methoxy groups -OCH3 is 1. The summed E-state index contributed by atoms with van der Waals surface area (Å²) in [5.41, 5.74) is 11.7. The van der Waals surface area contributed by atoms with Gasteiger partial charge in [-0.15, -0.1) is 0 Å². The fourth-order valence-electron chi connectivity index (χ4n) is 4.63.